The van der Waals surface area contributed by atoms with E-state index < -0.39 is 11.9 Å². The molecule has 1 rings (SSSR count). The normalized spacial score (nSPS) is 12.2. The lowest BCUT2D eigenvalue weighted by Gasteiger charge is -2.16. The molecule has 1 atom stereocenters. The van der Waals surface area contributed by atoms with Gasteiger partial charge in [-0.3, -0.25) is 4.79 Å². The minimum atomic E-state index is -0.482. The number of rotatable bonds is 5. The van der Waals surface area contributed by atoms with E-state index in [0.717, 1.165) is 0 Å². The van der Waals surface area contributed by atoms with Crippen LogP contribution in [0.25, 0.3) is 0 Å². The van der Waals surface area contributed by atoms with Gasteiger partial charge in [0, 0.05) is 6.20 Å². The smallest absolute Gasteiger partial charge is 0.239 e. The summed E-state index contributed by atoms with van der Waals surface area (Å²) >= 11 is 0. The van der Waals surface area contributed by atoms with E-state index >= 15 is 0 Å². The zero-order valence-electron chi connectivity index (χ0n) is 9.73. The van der Waals surface area contributed by atoms with Gasteiger partial charge in [0.2, 0.25) is 5.91 Å². The summed E-state index contributed by atoms with van der Waals surface area (Å²) in [5.41, 5.74) is 5.17. The summed E-state index contributed by atoms with van der Waals surface area (Å²) in [4.78, 5) is 15.0. The van der Waals surface area contributed by atoms with Gasteiger partial charge >= 0.3 is 0 Å². The third-order valence-corrected chi connectivity index (χ3v) is 1.91. The maximum Gasteiger partial charge on any atom is 0.239 e. The first kappa shape index (κ1) is 12.3. The molecule has 1 heterocycles. The molecule has 88 valence electrons. The number of primary amides is 1. The number of anilines is 1. The molecule has 5 nitrogen and oxygen atoms in total. The number of carbonyl (C=O) groups excluding carboxylic acids is 1. The second-order valence-corrected chi connectivity index (χ2v) is 3.79. The van der Waals surface area contributed by atoms with Crippen LogP contribution < -0.4 is 15.8 Å². The summed E-state index contributed by atoms with van der Waals surface area (Å²) in [7, 11) is 0. The van der Waals surface area contributed by atoms with E-state index in [-0.39, 0.29) is 6.10 Å². The quantitative estimate of drug-likeness (QED) is 0.785. The zero-order chi connectivity index (χ0) is 12.1. The molecule has 0 aromatic carbocycles. The van der Waals surface area contributed by atoms with Crippen molar-refractivity contribution in [3.63, 3.8) is 0 Å². The molecule has 0 radical (unpaired) electrons. The summed E-state index contributed by atoms with van der Waals surface area (Å²) in [6.07, 6.45) is 1.68. The van der Waals surface area contributed by atoms with Gasteiger partial charge in [0.15, 0.2) is 11.6 Å². The fraction of sp³-hybridized carbons (Fsp3) is 0.455. The fourth-order valence-corrected chi connectivity index (χ4v) is 1.12. The van der Waals surface area contributed by atoms with Gasteiger partial charge in [-0.1, -0.05) is 0 Å². The standard InChI is InChI=1S/C11H17N3O2/c1-7(2)16-9-5-4-6-13-11(9)14-8(3)10(12)15/h4-8H,1-3H3,(H2,12,15)(H,13,14). The Morgan fingerprint density at radius 2 is 2.19 bits per heavy atom. The van der Waals surface area contributed by atoms with E-state index in [4.69, 9.17) is 10.5 Å². The summed E-state index contributed by atoms with van der Waals surface area (Å²) in [5, 5.41) is 2.90. The number of carbonyl (C=O) groups is 1. The first-order chi connectivity index (χ1) is 7.50. The van der Waals surface area contributed by atoms with E-state index in [9.17, 15) is 4.79 Å². The predicted octanol–water partition coefficient (Wildman–Crippen LogP) is 1.15. The molecule has 0 saturated carbocycles. The molecule has 5 heteroatoms. The molecule has 3 N–H and O–H groups in total. The third-order valence-electron chi connectivity index (χ3n) is 1.91. The van der Waals surface area contributed by atoms with E-state index in [1.165, 1.54) is 0 Å². The number of nitrogens with zero attached hydrogens (tertiary/aromatic N) is 1. The van der Waals surface area contributed by atoms with Crippen molar-refractivity contribution in [1.82, 2.24) is 4.98 Å². The van der Waals surface area contributed by atoms with Gasteiger partial charge < -0.3 is 15.8 Å². The molecule has 0 aliphatic carbocycles. The number of hydrogen-bond acceptors (Lipinski definition) is 4. The molecule has 0 saturated heterocycles. The monoisotopic (exact) mass is 223 g/mol. The Bertz CT molecular complexity index is 366. The lowest BCUT2D eigenvalue weighted by Crippen LogP contribution is -2.33. The largest absolute Gasteiger partial charge is 0.487 e. The lowest BCUT2D eigenvalue weighted by molar-refractivity contribution is -0.118. The minimum absolute atomic E-state index is 0.0497. The summed E-state index contributed by atoms with van der Waals surface area (Å²) in [6.45, 7) is 5.53. The summed E-state index contributed by atoms with van der Waals surface area (Å²) in [6, 6.07) is 3.09. The van der Waals surface area contributed by atoms with Crippen molar-refractivity contribution in [2.45, 2.75) is 32.9 Å². The van der Waals surface area contributed by atoms with Gasteiger partial charge in [-0.2, -0.15) is 0 Å². The molecule has 1 aromatic heterocycles. The molecule has 16 heavy (non-hydrogen) atoms. The average Bonchev–Trinajstić information content (AvgIpc) is 2.20. The van der Waals surface area contributed by atoms with Gasteiger partial charge in [-0.15, -0.1) is 0 Å². The van der Waals surface area contributed by atoms with E-state index in [1.807, 2.05) is 13.8 Å². The Morgan fingerprint density at radius 3 is 2.75 bits per heavy atom. The van der Waals surface area contributed by atoms with Crippen molar-refractivity contribution in [2.75, 3.05) is 5.32 Å². The highest BCUT2D eigenvalue weighted by Gasteiger charge is 2.12. The molecular formula is C11H17N3O2. The summed E-state index contributed by atoms with van der Waals surface area (Å²) in [5.74, 6) is 0.717. The lowest BCUT2D eigenvalue weighted by atomic mass is 10.3. The number of nitrogens with one attached hydrogen (secondary N) is 1. The van der Waals surface area contributed by atoms with E-state index in [0.29, 0.717) is 11.6 Å². The first-order valence-electron chi connectivity index (χ1n) is 5.18. The third kappa shape index (κ3) is 3.42. The minimum Gasteiger partial charge on any atom is -0.487 e. The van der Waals surface area contributed by atoms with Gasteiger partial charge in [-0.05, 0) is 32.9 Å². The Labute approximate surface area is 95.0 Å². The topological polar surface area (TPSA) is 77.2 Å². The van der Waals surface area contributed by atoms with E-state index in [2.05, 4.69) is 10.3 Å². The van der Waals surface area contributed by atoms with Crippen LogP contribution in [0.5, 0.6) is 5.75 Å². The molecule has 0 bridgehead atoms. The summed E-state index contributed by atoms with van der Waals surface area (Å²) < 4.78 is 5.55. The van der Waals surface area contributed by atoms with Crippen LogP contribution in [0.2, 0.25) is 0 Å². The van der Waals surface area contributed by atoms with Crippen LogP contribution in [-0.2, 0) is 4.79 Å². The van der Waals surface area contributed by atoms with Crippen molar-refractivity contribution in [2.24, 2.45) is 5.73 Å². The van der Waals surface area contributed by atoms with E-state index in [1.54, 1.807) is 25.3 Å². The van der Waals surface area contributed by atoms with Crippen molar-refractivity contribution >= 4 is 11.7 Å². The van der Waals surface area contributed by atoms with Crippen LogP contribution in [0.3, 0.4) is 0 Å². The molecular weight excluding hydrogens is 206 g/mol. The Morgan fingerprint density at radius 1 is 1.50 bits per heavy atom. The van der Waals surface area contributed by atoms with Crippen molar-refractivity contribution in [3.05, 3.63) is 18.3 Å². The second-order valence-electron chi connectivity index (χ2n) is 3.79. The Hall–Kier alpha value is -1.78. The number of pyridine rings is 1. The van der Waals surface area contributed by atoms with Gasteiger partial charge in [0.05, 0.1) is 6.10 Å². The first-order valence-corrected chi connectivity index (χ1v) is 5.18. The number of ether oxygens (including phenoxy) is 1. The number of hydrogen-bond donors (Lipinski definition) is 2. The second kappa shape index (κ2) is 5.34. The number of aromatic nitrogens is 1. The highest BCUT2D eigenvalue weighted by Crippen LogP contribution is 2.22. The van der Waals surface area contributed by atoms with Crippen molar-refractivity contribution < 1.29 is 9.53 Å². The van der Waals surface area contributed by atoms with Gasteiger partial charge in [0.1, 0.15) is 6.04 Å². The van der Waals surface area contributed by atoms with Crippen LogP contribution in [0.4, 0.5) is 5.82 Å². The molecule has 0 aliphatic rings. The van der Waals surface area contributed by atoms with Crippen molar-refractivity contribution in [3.8, 4) is 5.75 Å². The van der Waals surface area contributed by atoms with Gasteiger partial charge in [0.25, 0.3) is 0 Å². The number of nitrogens with two attached hydrogens (primary N) is 1. The van der Waals surface area contributed by atoms with Crippen LogP contribution in [0.1, 0.15) is 20.8 Å². The number of amides is 1. The van der Waals surface area contributed by atoms with Gasteiger partial charge in [-0.25, -0.2) is 4.98 Å². The van der Waals surface area contributed by atoms with Crippen LogP contribution in [-0.4, -0.2) is 23.0 Å². The maximum absolute atomic E-state index is 10.9. The highest BCUT2D eigenvalue weighted by atomic mass is 16.5. The zero-order valence-corrected chi connectivity index (χ0v) is 9.73. The average molecular weight is 223 g/mol. The maximum atomic E-state index is 10.9. The Balaban J connectivity index is 2.82. The molecule has 1 amide bonds. The molecule has 1 aromatic rings. The van der Waals surface area contributed by atoms with Crippen LogP contribution in [0.15, 0.2) is 18.3 Å². The molecule has 0 fully saturated rings. The molecule has 1 unspecified atom stereocenters. The molecule has 0 spiro atoms. The SMILES string of the molecule is CC(C)Oc1cccnc1NC(C)C(N)=O. The fourth-order valence-electron chi connectivity index (χ4n) is 1.12. The Kier molecular flexibility index (Phi) is 4.10. The predicted molar refractivity (Wildman–Crippen MR) is 62.3 cm³/mol. The van der Waals surface area contributed by atoms with Crippen LogP contribution >= 0.6 is 0 Å². The molecule has 0 aliphatic heterocycles. The van der Waals surface area contributed by atoms with Crippen LogP contribution in [0, 0.1) is 0 Å². The van der Waals surface area contributed by atoms with Crippen molar-refractivity contribution in [1.29, 1.82) is 0 Å². The highest BCUT2D eigenvalue weighted by molar-refractivity contribution is 5.82.